The van der Waals surface area contributed by atoms with E-state index in [-0.39, 0.29) is 19.4 Å². The van der Waals surface area contributed by atoms with Gasteiger partial charge in [0.05, 0.1) is 0 Å². The lowest BCUT2D eigenvalue weighted by molar-refractivity contribution is -0.279. The fourth-order valence-electron chi connectivity index (χ4n) is 1.21. The number of hydrogen-bond donors (Lipinski definition) is 0. The molecular formula is C8H15F3O. The molecule has 0 aliphatic heterocycles. The van der Waals surface area contributed by atoms with Gasteiger partial charge in [-0.1, -0.05) is 13.8 Å². The Balaban J connectivity index is 4.57. The molecule has 0 aliphatic carbocycles. The Hall–Kier alpha value is -0.250. The molecule has 0 saturated heterocycles. The molecule has 0 rings (SSSR count). The molecule has 0 aromatic rings. The first-order valence-corrected chi connectivity index (χ1v) is 4.14. The third-order valence-electron chi connectivity index (χ3n) is 2.08. The number of alkyl halides is 3. The zero-order valence-corrected chi connectivity index (χ0v) is 7.66. The highest BCUT2D eigenvalue weighted by atomic mass is 19.4. The first-order chi connectivity index (χ1) is 5.43. The third-order valence-corrected chi connectivity index (χ3v) is 2.08. The van der Waals surface area contributed by atoms with Gasteiger partial charge in [0.15, 0.2) is 5.60 Å². The molecule has 1 nitrogen and oxygen atoms in total. The smallest absolute Gasteiger partial charge is 0.366 e. The van der Waals surface area contributed by atoms with Gasteiger partial charge in [0.25, 0.3) is 0 Å². The molecule has 0 unspecified atom stereocenters. The van der Waals surface area contributed by atoms with Gasteiger partial charge in [-0.2, -0.15) is 13.2 Å². The molecule has 0 aromatic carbocycles. The van der Waals surface area contributed by atoms with E-state index in [4.69, 9.17) is 4.74 Å². The average Bonchev–Trinajstić information content (AvgIpc) is 1.98. The summed E-state index contributed by atoms with van der Waals surface area (Å²) in [6.45, 7) is 4.66. The molecule has 0 aromatic heterocycles. The van der Waals surface area contributed by atoms with E-state index in [1.807, 2.05) is 0 Å². The minimum absolute atomic E-state index is 0.0269. The lowest BCUT2D eigenvalue weighted by Gasteiger charge is -2.33. The van der Waals surface area contributed by atoms with Crippen LogP contribution in [0.3, 0.4) is 0 Å². The van der Waals surface area contributed by atoms with Crippen molar-refractivity contribution >= 4 is 0 Å². The second-order valence-corrected chi connectivity index (χ2v) is 2.63. The molecule has 0 atom stereocenters. The zero-order chi connectivity index (χ0) is 9.83. The summed E-state index contributed by atoms with van der Waals surface area (Å²) < 4.78 is 42.1. The van der Waals surface area contributed by atoms with Crippen LogP contribution in [0.1, 0.15) is 33.6 Å². The van der Waals surface area contributed by atoms with Crippen molar-refractivity contribution in [3.05, 3.63) is 0 Å². The molecule has 74 valence electrons. The van der Waals surface area contributed by atoms with E-state index in [1.165, 1.54) is 13.8 Å². The first kappa shape index (κ1) is 11.8. The van der Waals surface area contributed by atoms with E-state index < -0.39 is 11.8 Å². The van der Waals surface area contributed by atoms with Crippen LogP contribution in [0, 0.1) is 0 Å². The Kier molecular flexibility index (Phi) is 4.03. The van der Waals surface area contributed by atoms with Crippen LogP contribution in [0.5, 0.6) is 0 Å². The second kappa shape index (κ2) is 4.12. The first-order valence-electron chi connectivity index (χ1n) is 4.14. The molecule has 4 heteroatoms. The molecule has 0 amide bonds. The Morgan fingerprint density at radius 2 is 1.42 bits per heavy atom. The predicted octanol–water partition coefficient (Wildman–Crippen LogP) is 3.14. The molecule has 0 saturated carbocycles. The van der Waals surface area contributed by atoms with Crippen molar-refractivity contribution in [2.24, 2.45) is 0 Å². The standard InChI is InChI=1S/C8H15F3O/c1-4-7(5-2,12-6-3)8(9,10)11/h4-6H2,1-3H3. The molecule has 0 spiro atoms. The van der Waals surface area contributed by atoms with Crippen LogP contribution in [-0.4, -0.2) is 18.4 Å². The van der Waals surface area contributed by atoms with E-state index in [1.54, 1.807) is 6.92 Å². The van der Waals surface area contributed by atoms with Crippen LogP contribution in [0.2, 0.25) is 0 Å². The summed E-state index contributed by atoms with van der Waals surface area (Å²) in [6.07, 6.45) is -4.31. The number of hydrogen-bond acceptors (Lipinski definition) is 1. The largest absolute Gasteiger partial charge is 0.417 e. The Bertz CT molecular complexity index is 127. The van der Waals surface area contributed by atoms with Gasteiger partial charge >= 0.3 is 6.18 Å². The van der Waals surface area contributed by atoms with E-state index in [9.17, 15) is 13.2 Å². The van der Waals surface area contributed by atoms with E-state index >= 15 is 0 Å². The highest BCUT2D eigenvalue weighted by Crippen LogP contribution is 2.38. The van der Waals surface area contributed by atoms with Gasteiger partial charge in [-0.15, -0.1) is 0 Å². The zero-order valence-electron chi connectivity index (χ0n) is 7.66. The molecule has 0 bridgehead atoms. The highest BCUT2D eigenvalue weighted by Gasteiger charge is 2.53. The summed E-state index contributed by atoms with van der Waals surface area (Å²) >= 11 is 0. The van der Waals surface area contributed by atoms with Gasteiger partial charge in [-0.3, -0.25) is 0 Å². The predicted molar refractivity (Wildman–Crippen MR) is 41.0 cm³/mol. The monoisotopic (exact) mass is 184 g/mol. The number of rotatable bonds is 4. The van der Waals surface area contributed by atoms with Crippen LogP contribution in [0.15, 0.2) is 0 Å². The maximum Gasteiger partial charge on any atom is 0.417 e. The molecule has 0 fully saturated rings. The summed E-state index contributed by atoms with van der Waals surface area (Å²) in [6, 6.07) is 0. The quantitative estimate of drug-likeness (QED) is 0.652. The van der Waals surface area contributed by atoms with Crippen molar-refractivity contribution in [2.75, 3.05) is 6.61 Å². The highest BCUT2D eigenvalue weighted by molar-refractivity contribution is 4.85. The van der Waals surface area contributed by atoms with E-state index in [0.717, 1.165) is 0 Å². The van der Waals surface area contributed by atoms with Gasteiger partial charge < -0.3 is 4.74 Å². The topological polar surface area (TPSA) is 9.23 Å². The van der Waals surface area contributed by atoms with Gasteiger partial charge in [-0.25, -0.2) is 0 Å². The van der Waals surface area contributed by atoms with Crippen LogP contribution in [0.4, 0.5) is 13.2 Å². The number of halogens is 3. The van der Waals surface area contributed by atoms with Crippen LogP contribution in [0.25, 0.3) is 0 Å². The lowest BCUT2D eigenvalue weighted by Crippen LogP contribution is -2.46. The lowest BCUT2D eigenvalue weighted by atomic mass is 9.96. The van der Waals surface area contributed by atoms with E-state index in [2.05, 4.69) is 0 Å². The normalized spacial score (nSPS) is 13.5. The van der Waals surface area contributed by atoms with Gasteiger partial charge in [0, 0.05) is 6.61 Å². The van der Waals surface area contributed by atoms with E-state index in [0.29, 0.717) is 0 Å². The maximum atomic E-state index is 12.4. The second-order valence-electron chi connectivity index (χ2n) is 2.63. The Labute approximate surface area is 70.9 Å². The number of ether oxygens (including phenoxy) is 1. The van der Waals surface area contributed by atoms with Gasteiger partial charge in [0.2, 0.25) is 0 Å². The summed E-state index contributed by atoms with van der Waals surface area (Å²) in [5.41, 5.74) is -1.93. The van der Waals surface area contributed by atoms with Crippen molar-refractivity contribution in [2.45, 2.75) is 45.4 Å². The van der Waals surface area contributed by atoms with Crippen molar-refractivity contribution in [3.63, 3.8) is 0 Å². The van der Waals surface area contributed by atoms with Crippen LogP contribution < -0.4 is 0 Å². The molecule has 0 aliphatic rings. The fourth-order valence-corrected chi connectivity index (χ4v) is 1.21. The van der Waals surface area contributed by atoms with Gasteiger partial charge in [0.1, 0.15) is 0 Å². The van der Waals surface area contributed by atoms with Crippen LogP contribution >= 0.6 is 0 Å². The summed E-state index contributed by atoms with van der Waals surface area (Å²) in [5.74, 6) is 0. The Morgan fingerprint density at radius 3 is 1.50 bits per heavy atom. The molecule has 0 N–H and O–H groups in total. The van der Waals surface area contributed by atoms with Crippen molar-refractivity contribution in [3.8, 4) is 0 Å². The average molecular weight is 184 g/mol. The third kappa shape index (κ3) is 2.12. The van der Waals surface area contributed by atoms with Crippen molar-refractivity contribution in [1.82, 2.24) is 0 Å². The SMILES string of the molecule is CCOC(CC)(CC)C(F)(F)F. The molecule has 12 heavy (non-hydrogen) atoms. The van der Waals surface area contributed by atoms with Crippen LogP contribution in [-0.2, 0) is 4.74 Å². The molecule has 0 heterocycles. The summed E-state index contributed by atoms with van der Waals surface area (Å²) in [4.78, 5) is 0. The van der Waals surface area contributed by atoms with Crippen molar-refractivity contribution in [1.29, 1.82) is 0 Å². The summed E-state index contributed by atoms with van der Waals surface area (Å²) in [5, 5.41) is 0. The minimum Gasteiger partial charge on any atom is -0.366 e. The molecular weight excluding hydrogens is 169 g/mol. The minimum atomic E-state index is -4.26. The Morgan fingerprint density at radius 1 is 1.00 bits per heavy atom. The summed E-state index contributed by atoms with van der Waals surface area (Å²) in [7, 11) is 0. The molecule has 0 radical (unpaired) electrons. The fraction of sp³-hybridized carbons (Fsp3) is 1.00. The maximum absolute atomic E-state index is 12.4. The van der Waals surface area contributed by atoms with Gasteiger partial charge in [-0.05, 0) is 19.8 Å². The van der Waals surface area contributed by atoms with Crippen molar-refractivity contribution < 1.29 is 17.9 Å².